The predicted molar refractivity (Wildman–Crippen MR) is 92.0 cm³/mol. The van der Waals surface area contributed by atoms with Crippen LogP contribution in [0.4, 0.5) is 0 Å². The Kier molecular flexibility index (Phi) is 4.45. The van der Waals surface area contributed by atoms with Crippen LogP contribution in [0.5, 0.6) is 23.0 Å². The lowest BCUT2D eigenvalue weighted by Gasteiger charge is -2.15. The standard InChI is InChI=1S/C19H17NO7/c1-11(12-2-4-14-16(6-12)26-9-24-14)20-18(21)8-23-19(22)13-3-5-15-17(7-13)27-10-25-15/h2-7,11H,8-10H2,1H3,(H,20,21)/t11-/m1/s1. The number of nitrogens with one attached hydrogen (secondary N) is 1. The molecular formula is C19H17NO7. The van der Waals surface area contributed by atoms with Gasteiger partial charge in [-0.15, -0.1) is 0 Å². The highest BCUT2D eigenvalue weighted by Crippen LogP contribution is 2.34. The third-order valence-electron chi connectivity index (χ3n) is 4.22. The third-order valence-corrected chi connectivity index (χ3v) is 4.22. The zero-order valence-electron chi connectivity index (χ0n) is 14.5. The number of hydrogen-bond donors (Lipinski definition) is 1. The summed E-state index contributed by atoms with van der Waals surface area (Å²) >= 11 is 0. The maximum Gasteiger partial charge on any atom is 0.338 e. The molecule has 1 atom stereocenters. The quantitative estimate of drug-likeness (QED) is 0.806. The molecule has 2 aliphatic rings. The van der Waals surface area contributed by atoms with Crippen LogP contribution >= 0.6 is 0 Å². The molecule has 0 radical (unpaired) electrons. The van der Waals surface area contributed by atoms with Gasteiger partial charge in [0.2, 0.25) is 13.6 Å². The number of amides is 1. The van der Waals surface area contributed by atoms with Gasteiger partial charge in [-0.3, -0.25) is 4.79 Å². The summed E-state index contributed by atoms with van der Waals surface area (Å²) in [6, 6.07) is 9.88. The fourth-order valence-electron chi connectivity index (χ4n) is 2.79. The zero-order valence-corrected chi connectivity index (χ0v) is 14.5. The van der Waals surface area contributed by atoms with E-state index in [1.807, 2.05) is 19.1 Å². The number of carbonyl (C=O) groups excluding carboxylic acids is 2. The van der Waals surface area contributed by atoms with E-state index in [0.717, 1.165) is 5.56 Å². The summed E-state index contributed by atoms with van der Waals surface area (Å²) in [6.07, 6.45) is 0. The van der Waals surface area contributed by atoms with E-state index in [1.54, 1.807) is 18.2 Å². The maximum absolute atomic E-state index is 12.1. The van der Waals surface area contributed by atoms with Crippen molar-refractivity contribution in [2.75, 3.05) is 20.2 Å². The van der Waals surface area contributed by atoms with Crippen LogP contribution in [-0.4, -0.2) is 32.1 Å². The van der Waals surface area contributed by atoms with Gasteiger partial charge < -0.3 is 29.0 Å². The molecule has 2 aromatic carbocycles. The van der Waals surface area contributed by atoms with Gasteiger partial charge in [0.05, 0.1) is 11.6 Å². The van der Waals surface area contributed by atoms with Gasteiger partial charge >= 0.3 is 5.97 Å². The number of carbonyl (C=O) groups is 2. The number of hydrogen-bond acceptors (Lipinski definition) is 7. The van der Waals surface area contributed by atoms with Crippen molar-refractivity contribution in [2.24, 2.45) is 0 Å². The highest BCUT2D eigenvalue weighted by molar-refractivity contribution is 5.92. The van der Waals surface area contributed by atoms with Crippen LogP contribution in [0.2, 0.25) is 0 Å². The Bertz CT molecular complexity index is 896. The van der Waals surface area contributed by atoms with Crippen molar-refractivity contribution in [3.63, 3.8) is 0 Å². The van der Waals surface area contributed by atoms with Gasteiger partial charge in [-0.1, -0.05) is 6.07 Å². The molecule has 27 heavy (non-hydrogen) atoms. The summed E-state index contributed by atoms with van der Waals surface area (Å²) in [5.74, 6) is 1.35. The fourth-order valence-corrected chi connectivity index (χ4v) is 2.79. The smallest absolute Gasteiger partial charge is 0.338 e. The highest BCUT2D eigenvalue weighted by Gasteiger charge is 2.19. The van der Waals surface area contributed by atoms with Crippen LogP contribution in [0.15, 0.2) is 36.4 Å². The molecule has 2 heterocycles. The van der Waals surface area contributed by atoms with E-state index in [4.69, 9.17) is 23.7 Å². The summed E-state index contributed by atoms with van der Waals surface area (Å²) in [7, 11) is 0. The van der Waals surface area contributed by atoms with Gasteiger partial charge in [0, 0.05) is 0 Å². The average molecular weight is 371 g/mol. The molecule has 4 rings (SSSR count). The number of fused-ring (bicyclic) bond motifs is 2. The summed E-state index contributed by atoms with van der Waals surface area (Å²) in [5.41, 5.74) is 1.14. The lowest BCUT2D eigenvalue weighted by Crippen LogP contribution is -2.31. The Hall–Kier alpha value is -3.42. The highest BCUT2D eigenvalue weighted by atomic mass is 16.7. The second-order valence-electron chi connectivity index (χ2n) is 6.05. The molecule has 0 spiro atoms. The molecule has 1 amide bonds. The van der Waals surface area contributed by atoms with E-state index in [0.29, 0.717) is 23.0 Å². The Labute approximate surface area is 154 Å². The van der Waals surface area contributed by atoms with Crippen molar-refractivity contribution in [3.05, 3.63) is 47.5 Å². The van der Waals surface area contributed by atoms with Crippen LogP contribution in [0.1, 0.15) is 28.9 Å². The lowest BCUT2D eigenvalue weighted by molar-refractivity contribution is -0.124. The van der Waals surface area contributed by atoms with Crippen molar-refractivity contribution >= 4 is 11.9 Å². The van der Waals surface area contributed by atoms with E-state index >= 15 is 0 Å². The Morgan fingerprint density at radius 3 is 2.33 bits per heavy atom. The summed E-state index contributed by atoms with van der Waals surface area (Å²) < 4.78 is 26.1. The SMILES string of the molecule is C[C@@H](NC(=O)COC(=O)c1ccc2c(c1)OCO2)c1ccc2c(c1)OCO2. The van der Waals surface area contributed by atoms with E-state index in [-0.39, 0.29) is 31.8 Å². The molecule has 1 N–H and O–H groups in total. The molecule has 0 bridgehead atoms. The Morgan fingerprint density at radius 1 is 0.963 bits per heavy atom. The lowest BCUT2D eigenvalue weighted by atomic mass is 10.1. The first-order valence-electron chi connectivity index (χ1n) is 8.36. The minimum absolute atomic E-state index is 0.119. The first-order chi connectivity index (χ1) is 13.1. The van der Waals surface area contributed by atoms with E-state index in [1.165, 1.54) is 6.07 Å². The van der Waals surface area contributed by atoms with Crippen LogP contribution in [0.3, 0.4) is 0 Å². The average Bonchev–Trinajstić information content (AvgIpc) is 3.33. The Balaban J connectivity index is 1.31. The molecular weight excluding hydrogens is 354 g/mol. The van der Waals surface area contributed by atoms with Crippen LogP contribution < -0.4 is 24.3 Å². The maximum atomic E-state index is 12.1. The van der Waals surface area contributed by atoms with Crippen LogP contribution in [-0.2, 0) is 9.53 Å². The molecule has 0 saturated carbocycles. The monoisotopic (exact) mass is 371 g/mol. The first kappa shape index (κ1) is 17.0. The third kappa shape index (κ3) is 3.59. The van der Waals surface area contributed by atoms with Gasteiger partial charge in [0.25, 0.3) is 5.91 Å². The van der Waals surface area contributed by atoms with E-state index in [9.17, 15) is 9.59 Å². The normalized spacial score (nSPS) is 14.6. The first-order valence-corrected chi connectivity index (χ1v) is 8.36. The van der Waals surface area contributed by atoms with Gasteiger partial charge in [0.15, 0.2) is 29.6 Å². The molecule has 0 aromatic heterocycles. The van der Waals surface area contributed by atoms with Gasteiger partial charge in [-0.05, 0) is 42.8 Å². The molecule has 8 nitrogen and oxygen atoms in total. The number of esters is 1. The van der Waals surface area contributed by atoms with Crippen molar-refractivity contribution in [3.8, 4) is 23.0 Å². The molecule has 0 aliphatic carbocycles. The predicted octanol–water partition coefficient (Wildman–Crippen LogP) is 2.18. The van der Waals surface area contributed by atoms with Gasteiger partial charge in [0.1, 0.15) is 0 Å². The second kappa shape index (κ2) is 7.06. The topological polar surface area (TPSA) is 92.3 Å². The van der Waals surface area contributed by atoms with Crippen molar-refractivity contribution in [1.29, 1.82) is 0 Å². The van der Waals surface area contributed by atoms with Crippen molar-refractivity contribution in [1.82, 2.24) is 5.32 Å². The van der Waals surface area contributed by atoms with Gasteiger partial charge in [-0.2, -0.15) is 0 Å². The van der Waals surface area contributed by atoms with Gasteiger partial charge in [-0.25, -0.2) is 4.79 Å². The van der Waals surface area contributed by atoms with E-state index in [2.05, 4.69) is 5.32 Å². The number of rotatable bonds is 5. The van der Waals surface area contributed by atoms with Crippen molar-refractivity contribution in [2.45, 2.75) is 13.0 Å². The van der Waals surface area contributed by atoms with E-state index < -0.39 is 11.9 Å². The minimum Gasteiger partial charge on any atom is -0.454 e. The minimum atomic E-state index is -0.612. The van der Waals surface area contributed by atoms with Crippen LogP contribution in [0.25, 0.3) is 0 Å². The molecule has 0 fully saturated rings. The summed E-state index contributed by atoms with van der Waals surface area (Å²) in [4.78, 5) is 24.2. The van der Waals surface area contributed by atoms with Crippen LogP contribution in [0, 0.1) is 0 Å². The van der Waals surface area contributed by atoms with Crippen molar-refractivity contribution < 1.29 is 33.3 Å². The molecule has 2 aromatic rings. The number of benzene rings is 2. The molecule has 0 unspecified atom stereocenters. The summed E-state index contributed by atoms with van der Waals surface area (Å²) in [5, 5.41) is 2.78. The number of ether oxygens (including phenoxy) is 5. The fraction of sp³-hybridized carbons (Fsp3) is 0.263. The molecule has 2 aliphatic heterocycles. The second-order valence-corrected chi connectivity index (χ2v) is 6.05. The summed E-state index contributed by atoms with van der Waals surface area (Å²) in [6.45, 7) is 1.75. The largest absolute Gasteiger partial charge is 0.454 e. The Morgan fingerprint density at radius 2 is 1.59 bits per heavy atom. The molecule has 0 saturated heterocycles. The molecule has 8 heteroatoms. The molecule has 140 valence electrons. The zero-order chi connectivity index (χ0) is 18.8.